The van der Waals surface area contributed by atoms with E-state index in [4.69, 9.17) is 9.15 Å². The number of amides is 2. The van der Waals surface area contributed by atoms with Crippen LogP contribution in [0.2, 0.25) is 0 Å². The smallest absolute Gasteiger partial charge is 0.265 e. The van der Waals surface area contributed by atoms with Gasteiger partial charge in [0, 0.05) is 10.9 Å². The molecular formula is C21H20N2O6S. The second-order valence-electron chi connectivity index (χ2n) is 7.13. The van der Waals surface area contributed by atoms with E-state index in [-0.39, 0.29) is 22.9 Å². The van der Waals surface area contributed by atoms with Crippen molar-refractivity contribution in [2.75, 3.05) is 5.32 Å². The van der Waals surface area contributed by atoms with Crippen LogP contribution in [0.1, 0.15) is 24.5 Å². The summed E-state index contributed by atoms with van der Waals surface area (Å²) in [5.41, 5.74) is 2.49. The van der Waals surface area contributed by atoms with Gasteiger partial charge in [0.25, 0.3) is 15.9 Å². The number of benzene rings is 2. The number of fused-ring (bicyclic) bond motifs is 2. The van der Waals surface area contributed by atoms with E-state index in [1.165, 1.54) is 24.5 Å². The molecule has 3 aromatic rings. The molecule has 0 unspecified atom stereocenters. The number of carbonyl (C=O) groups is 2. The number of rotatable bonds is 5. The summed E-state index contributed by atoms with van der Waals surface area (Å²) >= 11 is 0. The van der Waals surface area contributed by atoms with E-state index in [2.05, 4.69) is 10.0 Å². The van der Waals surface area contributed by atoms with Crippen molar-refractivity contribution < 1.29 is 27.2 Å². The molecule has 1 aliphatic heterocycles. The molecule has 9 heteroatoms. The number of furan rings is 1. The van der Waals surface area contributed by atoms with Gasteiger partial charge in [0.1, 0.15) is 11.3 Å². The predicted molar refractivity (Wildman–Crippen MR) is 110 cm³/mol. The van der Waals surface area contributed by atoms with E-state index < -0.39 is 22.0 Å². The highest BCUT2D eigenvalue weighted by Crippen LogP contribution is 2.32. The molecule has 0 saturated heterocycles. The Bertz CT molecular complexity index is 1260. The second kappa shape index (κ2) is 7.49. The number of sulfonamides is 1. The third-order valence-electron chi connectivity index (χ3n) is 4.86. The van der Waals surface area contributed by atoms with Gasteiger partial charge in [-0.3, -0.25) is 9.59 Å². The summed E-state index contributed by atoms with van der Waals surface area (Å²) in [6.45, 7) is 3.74. The first-order chi connectivity index (χ1) is 14.3. The molecule has 4 rings (SSSR count). The lowest BCUT2D eigenvalue weighted by Crippen LogP contribution is -2.36. The summed E-state index contributed by atoms with van der Waals surface area (Å²) in [5, 5.41) is 3.39. The molecular weight excluding hydrogens is 408 g/mol. The summed E-state index contributed by atoms with van der Waals surface area (Å²) in [6.07, 6.45) is 1.17. The minimum atomic E-state index is -4.13. The zero-order valence-corrected chi connectivity index (χ0v) is 17.2. The number of hydrogen-bond acceptors (Lipinski definition) is 6. The Balaban J connectivity index is 1.52. The summed E-state index contributed by atoms with van der Waals surface area (Å²) in [7, 11) is -4.13. The fourth-order valence-corrected chi connectivity index (χ4v) is 4.32. The number of aryl methyl sites for hydroxylation is 1. The monoisotopic (exact) mass is 428 g/mol. The van der Waals surface area contributed by atoms with Crippen molar-refractivity contribution in [1.82, 2.24) is 4.72 Å². The van der Waals surface area contributed by atoms with Gasteiger partial charge in [0.05, 0.1) is 23.3 Å². The van der Waals surface area contributed by atoms with Crippen LogP contribution >= 0.6 is 0 Å². The van der Waals surface area contributed by atoms with Gasteiger partial charge >= 0.3 is 0 Å². The third-order valence-corrected chi connectivity index (χ3v) is 6.23. The van der Waals surface area contributed by atoms with E-state index in [0.29, 0.717) is 23.3 Å². The minimum Gasteiger partial charge on any atom is -0.478 e. The van der Waals surface area contributed by atoms with Gasteiger partial charge in [-0.25, -0.2) is 13.1 Å². The number of hydrogen-bond donors (Lipinski definition) is 2. The van der Waals surface area contributed by atoms with Crippen molar-refractivity contribution in [3.8, 4) is 5.75 Å². The maximum Gasteiger partial charge on any atom is 0.265 e. The molecule has 156 valence electrons. The van der Waals surface area contributed by atoms with Crippen molar-refractivity contribution in [2.45, 2.75) is 37.7 Å². The zero-order chi connectivity index (χ0) is 21.5. The zero-order valence-electron chi connectivity index (χ0n) is 16.4. The Morgan fingerprint density at radius 2 is 2.00 bits per heavy atom. The fourth-order valence-electron chi connectivity index (χ4n) is 3.31. The quantitative estimate of drug-likeness (QED) is 0.646. The van der Waals surface area contributed by atoms with Gasteiger partial charge in [-0.2, -0.15) is 0 Å². The Morgan fingerprint density at radius 1 is 1.20 bits per heavy atom. The van der Waals surface area contributed by atoms with Crippen LogP contribution in [0.3, 0.4) is 0 Å². The number of carbonyl (C=O) groups excluding carboxylic acids is 2. The number of ether oxygens (including phenoxy) is 1. The van der Waals surface area contributed by atoms with Gasteiger partial charge in [0.15, 0.2) is 6.10 Å². The summed E-state index contributed by atoms with van der Waals surface area (Å²) in [5.74, 6) is -0.653. The van der Waals surface area contributed by atoms with Crippen LogP contribution in [-0.2, 0) is 26.0 Å². The lowest BCUT2D eigenvalue weighted by atomic mass is 10.1. The summed E-state index contributed by atoms with van der Waals surface area (Å²) in [6, 6.07) is 9.63. The molecule has 2 heterocycles. The van der Waals surface area contributed by atoms with Crippen molar-refractivity contribution in [1.29, 1.82) is 0 Å². The third kappa shape index (κ3) is 3.76. The first-order valence-electron chi connectivity index (χ1n) is 9.41. The van der Waals surface area contributed by atoms with E-state index in [0.717, 1.165) is 10.9 Å². The van der Waals surface area contributed by atoms with Gasteiger partial charge < -0.3 is 14.5 Å². The number of nitrogens with one attached hydrogen (secondary N) is 2. The molecule has 0 radical (unpaired) electrons. The van der Waals surface area contributed by atoms with Crippen LogP contribution < -0.4 is 14.8 Å². The molecule has 2 amide bonds. The minimum absolute atomic E-state index is 0.152. The predicted octanol–water partition coefficient (Wildman–Crippen LogP) is 2.90. The molecule has 0 fully saturated rings. The first kappa shape index (κ1) is 20.0. The van der Waals surface area contributed by atoms with Gasteiger partial charge in [-0.05, 0) is 43.2 Å². The van der Waals surface area contributed by atoms with E-state index in [1.54, 1.807) is 0 Å². The Morgan fingerprint density at radius 3 is 2.77 bits per heavy atom. The maximum atomic E-state index is 12.7. The van der Waals surface area contributed by atoms with E-state index in [1.807, 2.05) is 32.0 Å². The molecule has 0 aliphatic carbocycles. The van der Waals surface area contributed by atoms with Crippen molar-refractivity contribution >= 4 is 38.5 Å². The molecule has 0 bridgehead atoms. The highest BCUT2D eigenvalue weighted by Gasteiger charge is 2.28. The van der Waals surface area contributed by atoms with Gasteiger partial charge in [-0.1, -0.05) is 19.1 Å². The first-order valence-corrected chi connectivity index (χ1v) is 10.9. The molecule has 1 atom stereocenters. The van der Waals surface area contributed by atoms with Crippen LogP contribution in [0.4, 0.5) is 5.69 Å². The number of anilines is 1. The lowest BCUT2D eigenvalue weighted by Gasteiger charge is -2.25. The summed E-state index contributed by atoms with van der Waals surface area (Å²) < 4.78 is 38.4. The van der Waals surface area contributed by atoms with E-state index >= 15 is 0 Å². The average Bonchev–Trinajstić information content (AvgIpc) is 3.08. The molecule has 2 N–H and O–H groups in total. The Labute approximate surface area is 173 Å². The standard InChI is InChI=1S/C21H20N2O6S/c1-3-17-21(25)22-16-10-14(5-7-18(16)29-17)30(26,27)23-20(24)9-13-11-28-19-8-12(2)4-6-15(13)19/h4-8,10-11,17H,3,9H2,1-2H3,(H,22,25)(H,23,24)/t17-/m1/s1. The SMILES string of the molecule is CC[C@H]1Oc2ccc(S(=O)(=O)NC(=O)Cc3coc4cc(C)ccc34)cc2NC1=O. The lowest BCUT2D eigenvalue weighted by molar-refractivity contribution is -0.123. The maximum absolute atomic E-state index is 12.7. The van der Waals surface area contributed by atoms with Crippen molar-refractivity contribution in [3.05, 3.63) is 53.8 Å². The fraction of sp³-hybridized carbons (Fsp3) is 0.238. The van der Waals surface area contributed by atoms with Gasteiger partial charge in [0.2, 0.25) is 5.91 Å². The highest BCUT2D eigenvalue weighted by atomic mass is 32.2. The molecule has 1 aliphatic rings. The van der Waals surface area contributed by atoms with Crippen molar-refractivity contribution in [2.24, 2.45) is 0 Å². The van der Waals surface area contributed by atoms with Crippen molar-refractivity contribution in [3.63, 3.8) is 0 Å². The van der Waals surface area contributed by atoms with Crippen LogP contribution in [0, 0.1) is 6.92 Å². The molecule has 0 saturated carbocycles. The largest absolute Gasteiger partial charge is 0.478 e. The average molecular weight is 428 g/mol. The Hall–Kier alpha value is -3.33. The molecule has 2 aromatic carbocycles. The normalized spacial score (nSPS) is 15.9. The Kier molecular flexibility index (Phi) is 4.98. The highest BCUT2D eigenvalue weighted by molar-refractivity contribution is 7.90. The van der Waals surface area contributed by atoms with Crippen LogP contribution in [0.25, 0.3) is 11.0 Å². The molecule has 1 aromatic heterocycles. The topological polar surface area (TPSA) is 115 Å². The van der Waals surface area contributed by atoms with Gasteiger partial charge in [-0.15, -0.1) is 0 Å². The molecule has 0 spiro atoms. The van der Waals surface area contributed by atoms with Crippen LogP contribution in [0.5, 0.6) is 5.75 Å². The van der Waals surface area contributed by atoms with Crippen LogP contribution in [0.15, 0.2) is 52.0 Å². The van der Waals surface area contributed by atoms with Crippen LogP contribution in [-0.4, -0.2) is 26.3 Å². The second-order valence-corrected chi connectivity index (χ2v) is 8.81. The molecule has 8 nitrogen and oxygen atoms in total. The molecule has 30 heavy (non-hydrogen) atoms. The summed E-state index contributed by atoms with van der Waals surface area (Å²) in [4.78, 5) is 24.2. The van der Waals surface area contributed by atoms with E-state index in [9.17, 15) is 18.0 Å².